The summed E-state index contributed by atoms with van der Waals surface area (Å²) in [6, 6.07) is 8.54. The van der Waals surface area contributed by atoms with E-state index in [1.54, 1.807) is 6.92 Å². The van der Waals surface area contributed by atoms with Gasteiger partial charge >= 0.3 is 11.8 Å². The van der Waals surface area contributed by atoms with Crippen molar-refractivity contribution in [1.82, 2.24) is 10.6 Å². The van der Waals surface area contributed by atoms with Crippen molar-refractivity contribution in [1.29, 1.82) is 0 Å². The van der Waals surface area contributed by atoms with Crippen LogP contribution in [0.1, 0.15) is 38.2 Å². The minimum atomic E-state index is -0.566. The zero-order valence-corrected chi connectivity index (χ0v) is 13.9. The number of hydrogen-bond donors (Lipinski definition) is 2. The number of likely N-dealkylation sites (N-methyl/N-ethyl adjacent to an activating group) is 1. The third-order valence-electron chi connectivity index (χ3n) is 4.15. The highest BCUT2D eigenvalue weighted by Gasteiger charge is 2.11. The number of carbonyl (C=O) groups excluding carboxylic acids is 2. The molecule has 0 bridgehead atoms. The molecule has 0 atom stereocenters. The second kappa shape index (κ2) is 9.18. The zero-order chi connectivity index (χ0) is 16.5. The Balaban J connectivity index is 1.78. The molecule has 5 nitrogen and oxygen atoms in total. The maximum Gasteiger partial charge on any atom is 0.309 e. The molecule has 1 aliphatic rings. The van der Waals surface area contributed by atoms with Gasteiger partial charge < -0.3 is 15.5 Å². The average molecular weight is 317 g/mol. The molecule has 1 aliphatic heterocycles. The summed E-state index contributed by atoms with van der Waals surface area (Å²) < 4.78 is 0. The SMILES string of the molecule is CCNC(=O)C(=O)NCCc1ccc(N2CCCCCC2)cc1. The Bertz CT molecular complexity index is 506. The van der Waals surface area contributed by atoms with Gasteiger partial charge in [0.1, 0.15) is 0 Å². The summed E-state index contributed by atoms with van der Waals surface area (Å²) >= 11 is 0. The van der Waals surface area contributed by atoms with Crippen LogP contribution in [0.2, 0.25) is 0 Å². The van der Waals surface area contributed by atoms with Gasteiger partial charge in [-0.05, 0) is 43.9 Å². The van der Waals surface area contributed by atoms with Crippen LogP contribution in [0.15, 0.2) is 24.3 Å². The van der Waals surface area contributed by atoms with Crippen LogP contribution in [0.25, 0.3) is 0 Å². The minimum absolute atomic E-state index is 0.463. The van der Waals surface area contributed by atoms with Crippen LogP contribution in [-0.4, -0.2) is 38.0 Å². The fourth-order valence-corrected chi connectivity index (χ4v) is 2.84. The Morgan fingerprint density at radius 1 is 0.957 bits per heavy atom. The topological polar surface area (TPSA) is 61.4 Å². The molecular formula is C18H27N3O2. The molecule has 1 aromatic rings. The molecule has 2 amide bonds. The third kappa shape index (κ3) is 5.58. The van der Waals surface area contributed by atoms with E-state index in [9.17, 15) is 9.59 Å². The normalized spacial score (nSPS) is 14.9. The standard InChI is InChI=1S/C18H27N3O2/c1-2-19-17(22)18(23)20-12-11-15-7-9-16(10-8-15)21-13-5-3-4-6-14-21/h7-10H,2-6,11-14H2,1H3,(H,19,22)(H,20,23). The van der Waals surface area contributed by atoms with E-state index in [0.717, 1.165) is 19.5 Å². The van der Waals surface area contributed by atoms with Crippen LogP contribution >= 0.6 is 0 Å². The smallest absolute Gasteiger partial charge is 0.309 e. The Morgan fingerprint density at radius 3 is 2.17 bits per heavy atom. The maximum atomic E-state index is 11.5. The third-order valence-corrected chi connectivity index (χ3v) is 4.15. The van der Waals surface area contributed by atoms with Crippen molar-refractivity contribution in [2.45, 2.75) is 39.0 Å². The van der Waals surface area contributed by atoms with Crippen molar-refractivity contribution >= 4 is 17.5 Å². The van der Waals surface area contributed by atoms with Gasteiger partial charge in [-0.3, -0.25) is 9.59 Å². The number of nitrogens with one attached hydrogen (secondary N) is 2. The van der Waals surface area contributed by atoms with Crippen molar-refractivity contribution in [2.24, 2.45) is 0 Å². The van der Waals surface area contributed by atoms with Crippen molar-refractivity contribution in [3.63, 3.8) is 0 Å². The first-order valence-corrected chi connectivity index (χ1v) is 8.60. The molecule has 1 heterocycles. The second-order valence-electron chi connectivity index (χ2n) is 5.93. The van der Waals surface area contributed by atoms with Crippen molar-refractivity contribution in [2.75, 3.05) is 31.1 Å². The number of nitrogens with zero attached hydrogens (tertiary/aromatic N) is 1. The fraction of sp³-hybridized carbons (Fsp3) is 0.556. The lowest BCUT2D eigenvalue weighted by Crippen LogP contribution is -2.40. The Labute approximate surface area is 138 Å². The molecule has 2 rings (SSSR count). The molecule has 0 saturated carbocycles. The van der Waals surface area contributed by atoms with Crippen LogP contribution in [0.4, 0.5) is 5.69 Å². The molecule has 23 heavy (non-hydrogen) atoms. The molecule has 1 saturated heterocycles. The van der Waals surface area contributed by atoms with Gasteiger partial charge in [-0.2, -0.15) is 0 Å². The number of rotatable bonds is 5. The molecule has 2 N–H and O–H groups in total. The largest absolute Gasteiger partial charge is 0.372 e. The van der Waals surface area contributed by atoms with E-state index < -0.39 is 11.8 Å². The van der Waals surface area contributed by atoms with E-state index in [-0.39, 0.29) is 0 Å². The average Bonchev–Trinajstić information content (AvgIpc) is 2.85. The van der Waals surface area contributed by atoms with Gasteiger partial charge in [0.15, 0.2) is 0 Å². The van der Waals surface area contributed by atoms with E-state index >= 15 is 0 Å². The summed E-state index contributed by atoms with van der Waals surface area (Å²) in [7, 11) is 0. The van der Waals surface area contributed by atoms with Gasteiger partial charge in [-0.1, -0.05) is 25.0 Å². The summed E-state index contributed by atoms with van der Waals surface area (Å²) in [6.07, 6.45) is 5.94. The van der Waals surface area contributed by atoms with Crippen molar-refractivity contribution in [3.8, 4) is 0 Å². The predicted octanol–water partition coefficient (Wildman–Crippen LogP) is 1.86. The Kier molecular flexibility index (Phi) is 6.91. The first-order valence-electron chi connectivity index (χ1n) is 8.60. The first-order chi connectivity index (χ1) is 11.2. The predicted molar refractivity (Wildman–Crippen MR) is 92.5 cm³/mol. The summed E-state index contributed by atoms with van der Waals surface area (Å²) in [6.45, 7) is 5.00. The molecule has 0 spiro atoms. The summed E-state index contributed by atoms with van der Waals surface area (Å²) in [5, 5.41) is 5.13. The van der Waals surface area contributed by atoms with Gasteiger partial charge in [-0.15, -0.1) is 0 Å². The van der Waals surface area contributed by atoms with E-state index in [1.807, 2.05) is 0 Å². The van der Waals surface area contributed by atoms with E-state index in [2.05, 4.69) is 39.8 Å². The molecule has 5 heteroatoms. The molecule has 0 aromatic heterocycles. The van der Waals surface area contributed by atoms with E-state index in [0.29, 0.717) is 13.1 Å². The zero-order valence-electron chi connectivity index (χ0n) is 13.9. The molecule has 0 unspecified atom stereocenters. The van der Waals surface area contributed by atoms with Gasteiger partial charge in [0, 0.05) is 31.9 Å². The van der Waals surface area contributed by atoms with Crippen LogP contribution in [0.3, 0.4) is 0 Å². The second-order valence-corrected chi connectivity index (χ2v) is 5.93. The number of benzene rings is 1. The highest BCUT2D eigenvalue weighted by Crippen LogP contribution is 2.20. The molecule has 126 valence electrons. The molecule has 0 aliphatic carbocycles. The summed E-state index contributed by atoms with van der Waals surface area (Å²) in [5.74, 6) is -1.13. The van der Waals surface area contributed by atoms with Gasteiger partial charge in [0.25, 0.3) is 0 Å². The van der Waals surface area contributed by atoms with Crippen LogP contribution in [0, 0.1) is 0 Å². The van der Waals surface area contributed by atoms with Crippen molar-refractivity contribution < 1.29 is 9.59 Å². The number of anilines is 1. The molecule has 1 aromatic carbocycles. The van der Waals surface area contributed by atoms with Crippen LogP contribution in [0.5, 0.6) is 0 Å². The van der Waals surface area contributed by atoms with Crippen LogP contribution in [-0.2, 0) is 16.0 Å². The van der Waals surface area contributed by atoms with E-state index in [4.69, 9.17) is 0 Å². The maximum absolute atomic E-state index is 11.5. The molecule has 0 radical (unpaired) electrons. The van der Waals surface area contributed by atoms with Gasteiger partial charge in [-0.25, -0.2) is 0 Å². The number of carbonyl (C=O) groups is 2. The summed E-state index contributed by atoms with van der Waals surface area (Å²) in [5.41, 5.74) is 2.45. The Morgan fingerprint density at radius 2 is 1.57 bits per heavy atom. The highest BCUT2D eigenvalue weighted by atomic mass is 16.2. The minimum Gasteiger partial charge on any atom is -0.372 e. The fourth-order valence-electron chi connectivity index (χ4n) is 2.84. The van der Waals surface area contributed by atoms with Gasteiger partial charge in [0.2, 0.25) is 0 Å². The lowest BCUT2D eigenvalue weighted by molar-refractivity contribution is -0.139. The monoisotopic (exact) mass is 317 g/mol. The Hall–Kier alpha value is -2.04. The van der Waals surface area contributed by atoms with Gasteiger partial charge in [0.05, 0.1) is 0 Å². The van der Waals surface area contributed by atoms with E-state index in [1.165, 1.54) is 36.9 Å². The lowest BCUT2D eigenvalue weighted by atomic mass is 10.1. The lowest BCUT2D eigenvalue weighted by Gasteiger charge is -2.22. The molecular weight excluding hydrogens is 290 g/mol. The molecule has 1 fully saturated rings. The summed E-state index contributed by atoms with van der Waals surface area (Å²) in [4.78, 5) is 25.2. The van der Waals surface area contributed by atoms with Crippen LogP contribution < -0.4 is 15.5 Å². The number of hydrogen-bond acceptors (Lipinski definition) is 3. The first kappa shape index (κ1) is 17.3. The quantitative estimate of drug-likeness (QED) is 0.815. The van der Waals surface area contributed by atoms with Crippen molar-refractivity contribution in [3.05, 3.63) is 29.8 Å². The number of amides is 2. The highest BCUT2D eigenvalue weighted by molar-refractivity contribution is 6.35.